The van der Waals surface area contributed by atoms with Gasteiger partial charge in [-0.2, -0.15) is 0 Å². The Bertz CT molecular complexity index is 475. The lowest BCUT2D eigenvalue weighted by Crippen LogP contribution is -2.44. The average molecular weight is 303 g/mol. The Labute approximate surface area is 121 Å². The van der Waals surface area contributed by atoms with Crippen molar-refractivity contribution in [2.75, 3.05) is 11.9 Å². The predicted octanol–water partition coefficient (Wildman–Crippen LogP) is 2.63. The van der Waals surface area contributed by atoms with Crippen LogP contribution in [0.4, 0.5) is 5.82 Å². The molecule has 0 bridgehead atoms. The summed E-state index contributed by atoms with van der Waals surface area (Å²) in [6.07, 6.45) is 6.04. The summed E-state index contributed by atoms with van der Waals surface area (Å²) < 4.78 is 0. The Balaban J connectivity index is 2.17. The second-order valence-electron chi connectivity index (χ2n) is 4.83. The highest BCUT2D eigenvalue weighted by Crippen LogP contribution is 2.37. The van der Waals surface area contributed by atoms with Crippen LogP contribution in [0.2, 0.25) is 10.2 Å². The number of nitrogens with two attached hydrogens (primary N) is 1. The van der Waals surface area contributed by atoms with E-state index >= 15 is 0 Å². The van der Waals surface area contributed by atoms with Crippen LogP contribution in [0, 0.1) is 5.41 Å². The van der Waals surface area contributed by atoms with Crippen molar-refractivity contribution in [3.63, 3.8) is 0 Å². The highest BCUT2D eigenvalue weighted by Gasteiger charge is 2.38. The van der Waals surface area contributed by atoms with E-state index in [4.69, 9.17) is 28.9 Å². The molecule has 1 amide bonds. The number of carbonyl (C=O) groups is 1. The maximum Gasteiger partial charge on any atom is 0.233 e. The Morgan fingerprint density at radius 2 is 2.00 bits per heavy atom. The minimum Gasteiger partial charge on any atom is -0.329 e. The molecule has 0 atom stereocenters. The first-order valence-electron chi connectivity index (χ1n) is 6.26. The van der Waals surface area contributed by atoms with Crippen LogP contribution in [0.25, 0.3) is 0 Å². The van der Waals surface area contributed by atoms with Gasteiger partial charge in [-0.15, -0.1) is 0 Å². The van der Waals surface area contributed by atoms with Gasteiger partial charge in [0, 0.05) is 6.54 Å². The van der Waals surface area contributed by atoms with Crippen molar-refractivity contribution in [2.24, 2.45) is 11.1 Å². The zero-order chi connectivity index (χ0) is 13.9. The first-order valence-corrected chi connectivity index (χ1v) is 7.02. The third kappa shape index (κ3) is 2.99. The monoisotopic (exact) mass is 302 g/mol. The summed E-state index contributed by atoms with van der Waals surface area (Å²) in [7, 11) is 0. The summed E-state index contributed by atoms with van der Waals surface area (Å²) in [5, 5.41) is 3.00. The number of aromatic nitrogens is 2. The Morgan fingerprint density at radius 1 is 1.32 bits per heavy atom. The van der Waals surface area contributed by atoms with Crippen molar-refractivity contribution in [1.82, 2.24) is 9.97 Å². The van der Waals surface area contributed by atoms with Crippen LogP contribution in [0.15, 0.2) is 6.33 Å². The quantitative estimate of drug-likeness (QED) is 0.841. The molecule has 1 aliphatic rings. The predicted molar refractivity (Wildman–Crippen MR) is 75.3 cm³/mol. The SMILES string of the molecule is NCC1(C(=O)Nc2ncnc(Cl)c2Cl)CCCCC1. The summed E-state index contributed by atoms with van der Waals surface area (Å²) in [5.74, 6) is 0.108. The van der Waals surface area contributed by atoms with Crippen molar-refractivity contribution >= 4 is 34.9 Å². The fourth-order valence-corrected chi connectivity index (χ4v) is 2.71. The van der Waals surface area contributed by atoms with Gasteiger partial charge >= 0.3 is 0 Å². The van der Waals surface area contributed by atoms with Crippen LogP contribution in [0.5, 0.6) is 0 Å². The van der Waals surface area contributed by atoms with Crippen LogP contribution >= 0.6 is 23.2 Å². The van der Waals surface area contributed by atoms with Gasteiger partial charge in [0.2, 0.25) is 5.91 Å². The fourth-order valence-electron chi connectivity index (χ4n) is 2.43. The third-order valence-corrected chi connectivity index (χ3v) is 4.40. The summed E-state index contributed by atoms with van der Waals surface area (Å²) in [6.45, 7) is 0.329. The number of nitrogens with one attached hydrogen (secondary N) is 1. The normalized spacial score (nSPS) is 18.1. The highest BCUT2D eigenvalue weighted by molar-refractivity contribution is 6.42. The van der Waals surface area contributed by atoms with E-state index in [-0.39, 0.29) is 21.9 Å². The lowest BCUT2D eigenvalue weighted by atomic mass is 9.73. The standard InChI is InChI=1S/C12H16Cl2N4O/c13-8-9(14)16-7-17-10(8)18-11(19)12(6-15)4-2-1-3-5-12/h7H,1-6,15H2,(H,16,17,18,19). The second kappa shape index (κ2) is 6.03. The van der Waals surface area contributed by atoms with Gasteiger partial charge in [-0.25, -0.2) is 9.97 Å². The first-order chi connectivity index (χ1) is 9.09. The van der Waals surface area contributed by atoms with Gasteiger partial charge in [-0.05, 0) is 12.8 Å². The van der Waals surface area contributed by atoms with Crippen LogP contribution in [0.1, 0.15) is 32.1 Å². The molecule has 0 saturated heterocycles. The summed E-state index contributed by atoms with van der Waals surface area (Å²) in [6, 6.07) is 0. The van der Waals surface area contributed by atoms with Gasteiger partial charge in [-0.3, -0.25) is 4.79 Å². The third-order valence-electron chi connectivity index (χ3n) is 3.66. The first kappa shape index (κ1) is 14.5. The number of nitrogens with zero attached hydrogens (tertiary/aromatic N) is 2. The van der Waals surface area contributed by atoms with Gasteiger partial charge in [-0.1, -0.05) is 42.5 Å². The van der Waals surface area contributed by atoms with Crippen LogP contribution in [0.3, 0.4) is 0 Å². The highest BCUT2D eigenvalue weighted by atomic mass is 35.5. The second-order valence-corrected chi connectivity index (χ2v) is 5.56. The minimum atomic E-state index is -0.515. The lowest BCUT2D eigenvalue weighted by molar-refractivity contribution is -0.126. The molecule has 1 saturated carbocycles. The number of amides is 1. The number of rotatable bonds is 3. The van der Waals surface area contributed by atoms with E-state index in [0.717, 1.165) is 32.1 Å². The van der Waals surface area contributed by atoms with Crippen LogP contribution < -0.4 is 11.1 Å². The number of anilines is 1. The van der Waals surface area contributed by atoms with E-state index in [1.807, 2.05) is 0 Å². The maximum atomic E-state index is 12.4. The molecule has 5 nitrogen and oxygen atoms in total. The van der Waals surface area contributed by atoms with Gasteiger partial charge in [0.15, 0.2) is 11.0 Å². The molecule has 2 rings (SSSR count). The van der Waals surface area contributed by atoms with Crippen molar-refractivity contribution in [1.29, 1.82) is 0 Å². The fraction of sp³-hybridized carbons (Fsp3) is 0.583. The summed E-state index contributed by atoms with van der Waals surface area (Å²) in [5.41, 5.74) is 5.29. The minimum absolute atomic E-state index is 0.123. The molecule has 1 aromatic heterocycles. The molecule has 0 aromatic carbocycles. The largest absolute Gasteiger partial charge is 0.329 e. The molecule has 1 heterocycles. The number of hydrogen-bond acceptors (Lipinski definition) is 4. The molecule has 0 aliphatic heterocycles. The number of hydrogen-bond donors (Lipinski definition) is 2. The van der Waals surface area contributed by atoms with E-state index in [2.05, 4.69) is 15.3 Å². The zero-order valence-electron chi connectivity index (χ0n) is 10.5. The van der Waals surface area contributed by atoms with Gasteiger partial charge in [0.25, 0.3) is 0 Å². The Kier molecular flexibility index (Phi) is 4.60. The molecule has 0 radical (unpaired) electrons. The van der Waals surface area contributed by atoms with E-state index in [1.165, 1.54) is 6.33 Å². The molecule has 1 aromatic rings. The van der Waals surface area contributed by atoms with Gasteiger partial charge in [0.1, 0.15) is 11.3 Å². The van der Waals surface area contributed by atoms with Gasteiger partial charge < -0.3 is 11.1 Å². The lowest BCUT2D eigenvalue weighted by Gasteiger charge is -2.34. The molecule has 0 spiro atoms. The zero-order valence-corrected chi connectivity index (χ0v) is 12.0. The molecule has 19 heavy (non-hydrogen) atoms. The molecule has 0 unspecified atom stereocenters. The summed E-state index contributed by atoms with van der Waals surface area (Å²) >= 11 is 11.8. The van der Waals surface area contributed by atoms with Crippen molar-refractivity contribution in [2.45, 2.75) is 32.1 Å². The molecule has 1 aliphatic carbocycles. The number of halogens is 2. The van der Waals surface area contributed by atoms with Crippen molar-refractivity contribution in [3.05, 3.63) is 16.5 Å². The molecule has 3 N–H and O–H groups in total. The number of carbonyl (C=O) groups excluding carboxylic acids is 1. The summed E-state index contributed by atoms with van der Waals surface area (Å²) in [4.78, 5) is 20.1. The van der Waals surface area contributed by atoms with E-state index in [1.54, 1.807) is 0 Å². The Hall–Kier alpha value is -0.910. The molecule has 104 valence electrons. The van der Waals surface area contributed by atoms with E-state index in [0.29, 0.717) is 6.54 Å². The van der Waals surface area contributed by atoms with Crippen molar-refractivity contribution < 1.29 is 4.79 Å². The smallest absolute Gasteiger partial charge is 0.233 e. The van der Waals surface area contributed by atoms with Crippen LogP contribution in [-0.2, 0) is 4.79 Å². The topological polar surface area (TPSA) is 80.9 Å². The molecule has 7 heteroatoms. The van der Waals surface area contributed by atoms with Crippen molar-refractivity contribution in [3.8, 4) is 0 Å². The molecular formula is C12H16Cl2N4O. The van der Waals surface area contributed by atoms with Gasteiger partial charge in [0.05, 0.1) is 5.41 Å². The van der Waals surface area contributed by atoms with E-state index < -0.39 is 5.41 Å². The Morgan fingerprint density at radius 3 is 2.63 bits per heavy atom. The van der Waals surface area contributed by atoms with Crippen LogP contribution in [-0.4, -0.2) is 22.4 Å². The van der Waals surface area contributed by atoms with E-state index in [9.17, 15) is 4.79 Å². The molecular weight excluding hydrogens is 287 g/mol. The average Bonchev–Trinajstić information content (AvgIpc) is 2.44. The molecule has 1 fully saturated rings. The maximum absolute atomic E-state index is 12.4.